The molecule has 5 heteroatoms. The van der Waals surface area contributed by atoms with Crippen LogP contribution in [-0.4, -0.2) is 27.8 Å². The van der Waals surface area contributed by atoms with Gasteiger partial charge in [0.05, 0.1) is 18.4 Å². The van der Waals surface area contributed by atoms with Crippen LogP contribution >= 0.6 is 0 Å². The molecule has 0 unspecified atom stereocenters. The molecule has 3 aromatic rings. The molecule has 2 aromatic carbocycles. The molecule has 116 valence electrons. The van der Waals surface area contributed by atoms with Crippen molar-refractivity contribution in [1.29, 1.82) is 0 Å². The van der Waals surface area contributed by atoms with E-state index in [2.05, 4.69) is 10.4 Å². The van der Waals surface area contributed by atoms with Gasteiger partial charge in [0.2, 0.25) is 0 Å². The van der Waals surface area contributed by atoms with E-state index in [1.807, 2.05) is 66.9 Å². The molecule has 23 heavy (non-hydrogen) atoms. The van der Waals surface area contributed by atoms with E-state index in [0.29, 0.717) is 6.54 Å². The minimum absolute atomic E-state index is 0.149. The molecule has 0 bridgehead atoms. The Bertz CT molecular complexity index is 768. The first kappa shape index (κ1) is 14.8. The zero-order valence-electron chi connectivity index (χ0n) is 12.9. The summed E-state index contributed by atoms with van der Waals surface area (Å²) in [7, 11) is 1.76. The summed E-state index contributed by atoms with van der Waals surface area (Å²) in [5, 5.41) is 7.20. The molecule has 0 spiro atoms. The van der Waals surface area contributed by atoms with Gasteiger partial charge in [0.15, 0.2) is 0 Å². The Kier molecular flexibility index (Phi) is 4.38. The lowest BCUT2D eigenvalue weighted by Gasteiger charge is -2.17. The Morgan fingerprint density at radius 3 is 2.43 bits per heavy atom. The highest BCUT2D eigenvalue weighted by Crippen LogP contribution is 2.11. The van der Waals surface area contributed by atoms with Crippen LogP contribution in [0, 0.1) is 0 Å². The first-order chi connectivity index (χ1) is 11.2. The Labute approximate surface area is 135 Å². The van der Waals surface area contributed by atoms with Crippen LogP contribution in [0.3, 0.4) is 0 Å². The van der Waals surface area contributed by atoms with Gasteiger partial charge in [-0.25, -0.2) is 9.48 Å². The highest BCUT2D eigenvalue weighted by Gasteiger charge is 2.10. The Balaban J connectivity index is 1.63. The molecular weight excluding hydrogens is 288 g/mol. The van der Waals surface area contributed by atoms with Gasteiger partial charge in [0.25, 0.3) is 0 Å². The normalized spacial score (nSPS) is 10.3. The van der Waals surface area contributed by atoms with Gasteiger partial charge in [0.1, 0.15) is 0 Å². The second kappa shape index (κ2) is 6.79. The van der Waals surface area contributed by atoms with Crippen molar-refractivity contribution >= 4 is 11.7 Å². The van der Waals surface area contributed by atoms with Gasteiger partial charge in [0, 0.05) is 24.5 Å². The third-order valence-corrected chi connectivity index (χ3v) is 3.45. The van der Waals surface area contributed by atoms with E-state index in [4.69, 9.17) is 0 Å². The number of benzene rings is 2. The molecule has 0 aliphatic rings. The van der Waals surface area contributed by atoms with Crippen molar-refractivity contribution in [3.63, 3.8) is 0 Å². The number of anilines is 1. The Morgan fingerprint density at radius 1 is 1.09 bits per heavy atom. The van der Waals surface area contributed by atoms with E-state index in [-0.39, 0.29) is 6.03 Å². The maximum absolute atomic E-state index is 12.2. The highest BCUT2D eigenvalue weighted by molar-refractivity contribution is 5.89. The molecule has 0 fully saturated rings. The number of urea groups is 1. The number of carbonyl (C=O) groups excluding carboxylic acids is 1. The molecule has 1 aromatic heterocycles. The second-order valence-electron chi connectivity index (χ2n) is 5.28. The summed E-state index contributed by atoms with van der Waals surface area (Å²) in [4.78, 5) is 13.8. The van der Waals surface area contributed by atoms with Gasteiger partial charge in [-0.05, 0) is 24.3 Å². The quantitative estimate of drug-likeness (QED) is 0.801. The van der Waals surface area contributed by atoms with Gasteiger partial charge < -0.3 is 10.2 Å². The number of rotatable bonds is 4. The summed E-state index contributed by atoms with van der Waals surface area (Å²) >= 11 is 0. The van der Waals surface area contributed by atoms with E-state index in [0.717, 1.165) is 16.9 Å². The topological polar surface area (TPSA) is 50.2 Å². The first-order valence-electron chi connectivity index (χ1n) is 7.38. The Morgan fingerprint density at radius 2 is 1.74 bits per heavy atom. The molecule has 1 heterocycles. The van der Waals surface area contributed by atoms with E-state index in [1.165, 1.54) is 0 Å². The molecule has 1 N–H and O–H groups in total. The lowest BCUT2D eigenvalue weighted by atomic mass is 10.3. The molecule has 0 radical (unpaired) electrons. The van der Waals surface area contributed by atoms with Gasteiger partial charge in [-0.3, -0.25) is 0 Å². The maximum Gasteiger partial charge on any atom is 0.321 e. The van der Waals surface area contributed by atoms with Crippen LogP contribution < -0.4 is 5.32 Å². The molecule has 0 atom stereocenters. The van der Waals surface area contributed by atoms with Crippen LogP contribution in [0.2, 0.25) is 0 Å². The van der Waals surface area contributed by atoms with E-state index in [9.17, 15) is 4.79 Å². The summed E-state index contributed by atoms with van der Waals surface area (Å²) < 4.78 is 1.80. The fourth-order valence-corrected chi connectivity index (χ4v) is 2.25. The minimum atomic E-state index is -0.149. The fourth-order valence-electron chi connectivity index (χ4n) is 2.25. The maximum atomic E-state index is 12.2. The number of nitrogens with one attached hydrogen (secondary N) is 1. The van der Waals surface area contributed by atoms with Crippen molar-refractivity contribution in [3.8, 4) is 5.69 Å². The van der Waals surface area contributed by atoms with Crippen LogP contribution in [-0.2, 0) is 6.54 Å². The zero-order valence-corrected chi connectivity index (χ0v) is 12.9. The second-order valence-corrected chi connectivity index (χ2v) is 5.28. The standard InChI is InChI=1S/C18H18N4O/c1-21(18(23)20-16-8-4-2-5-9-16)13-15-12-19-22(14-15)17-10-6-3-7-11-17/h2-12,14H,13H2,1H3,(H,20,23). The van der Waals surface area contributed by atoms with Gasteiger partial charge in [-0.1, -0.05) is 36.4 Å². The predicted molar refractivity (Wildman–Crippen MR) is 90.5 cm³/mol. The molecule has 5 nitrogen and oxygen atoms in total. The van der Waals surface area contributed by atoms with Crippen LogP contribution in [0.5, 0.6) is 0 Å². The average molecular weight is 306 g/mol. The van der Waals surface area contributed by atoms with Crippen molar-refractivity contribution in [2.45, 2.75) is 6.54 Å². The van der Waals surface area contributed by atoms with Crippen LogP contribution in [0.15, 0.2) is 73.1 Å². The smallest absolute Gasteiger partial charge is 0.321 e. The Hall–Kier alpha value is -3.08. The van der Waals surface area contributed by atoms with Crippen LogP contribution in [0.1, 0.15) is 5.56 Å². The molecule has 0 saturated carbocycles. The molecule has 0 aliphatic heterocycles. The van der Waals surface area contributed by atoms with Gasteiger partial charge >= 0.3 is 6.03 Å². The molecule has 0 saturated heterocycles. The van der Waals surface area contributed by atoms with Crippen molar-refractivity contribution in [2.24, 2.45) is 0 Å². The number of aromatic nitrogens is 2. The first-order valence-corrected chi connectivity index (χ1v) is 7.38. The van der Waals surface area contributed by atoms with Gasteiger partial charge in [-0.2, -0.15) is 5.10 Å². The number of hydrogen-bond acceptors (Lipinski definition) is 2. The monoisotopic (exact) mass is 306 g/mol. The number of hydrogen-bond donors (Lipinski definition) is 1. The largest absolute Gasteiger partial charge is 0.323 e. The van der Waals surface area contributed by atoms with E-state index < -0.39 is 0 Å². The van der Waals surface area contributed by atoms with Crippen molar-refractivity contribution in [2.75, 3.05) is 12.4 Å². The summed E-state index contributed by atoms with van der Waals surface area (Å²) in [6, 6.07) is 19.1. The lowest BCUT2D eigenvalue weighted by Crippen LogP contribution is -2.30. The third-order valence-electron chi connectivity index (χ3n) is 3.45. The molecule has 3 rings (SSSR count). The van der Waals surface area contributed by atoms with Crippen molar-refractivity contribution in [1.82, 2.24) is 14.7 Å². The number of para-hydroxylation sites is 2. The number of amides is 2. The molecule has 0 aliphatic carbocycles. The van der Waals surface area contributed by atoms with Gasteiger partial charge in [-0.15, -0.1) is 0 Å². The average Bonchev–Trinajstić information content (AvgIpc) is 3.05. The summed E-state index contributed by atoms with van der Waals surface area (Å²) in [6.45, 7) is 0.492. The summed E-state index contributed by atoms with van der Waals surface area (Å²) in [5.74, 6) is 0. The fraction of sp³-hybridized carbons (Fsp3) is 0.111. The third kappa shape index (κ3) is 3.77. The lowest BCUT2D eigenvalue weighted by molar-refractivity contribution is 0.220. The zero-order chi connectivity index (χ0) is 16.1. The van der Waals surface area contributed by atoms with Crippen molar-refractivity contribution < 1.29 is 4.79 Å². The number of nitrogens with zero attached hydrogens (tertiary/aromatic N) is 3. The van der Waals surface area contributed by atoms with Crippen molar-refractivity contribution in [3.05, 3.63) is 78.6 Å². The predicted octanol–water partition coefficient (Wildman–Crippen LogP) is 3.54. The van der Waals surface area contributed by atoms with E-state index in [1.54, 1.807) is 22.8 Å². The highest BCUT2D eigenvalue weighted by atomic mass is 16.2. The number of carbonyl (C=O) groups is 1. The van der Waals surface area contributed by atoms with Crippen LogP contribution in [0.25, 0.3) is 5.69 Å². The molecular formula is C18H18N4O. The summed E-state index contributed by atoms with van der Waals surface area (Å²) in [6.07, 6.45) is 3.71. The van der Waals surface area contributed by atoms with E-state index >= 15 is 0 Å². The van der Waals surface area contributed by atoms with Crippen LogP contribution in [0.4, 0.5) is 10.5 Å². The SMILES string of the molecule is CN(Cc1cnn(-c2ccccc2)c1)C(=O)Nc1ccccc1. The minimum Gasteiger partial charge on any atom is -0.323 e. The summed E-state index contributed by atoms with van der Waals surface area (Å²) in [5.41, 5.74) is 2.75. The molecule has 2 amide bonds.